The lowest BCUT2D eigenvalue weighted by Crippen LogP contribution is -2.42. The summed E-state index contributed by atoms with van der Waals surface area (Å²) in [7, 11) is 0. The van der Waals surface area contributed by atoms with Gasteiger partial charge in [0.05, 0.1) is 13.0 Å². The first-order valence-electron chi connectivity index (χ1n) is 8.31. The molecule has 124 valence electrons. The zero-order chi connectivity index (χ0) is 16.2. The van der Waals surface area contributed by atoms with Crippen LogP contribution < -0.4 is 0 Å². The van der Waals surface area contributed by atoms with Gasteiger partial charge < -0.3 is 14.7 Å². The van der Waals surface area contributed by atoms with Crippen LogP contribution in [0.25, 0.3) is 0 Å². The SMILES string of the molecule is O=C(O)CCN(Cc1ccccc1)C(=O)[C@@H]1OC[C@@H]2CCC[C@@H]21. The number of carboxylic acids is 1. The van der Waals surface area contributed by atoms with E-state index in [4.69, 9.17) is 9.84 Å². The van der Waals surface area contributed by atoms with Gasteiger partial charge in [-0.05, 0) is 30.2 Å². The highest BCUT2D eigenvalue weighted by Crippen LogP contribution is 2.41. The molecule has 1 aromatic carbocycles. The molecule has 3 rings (SSSR count). The number of rotatable bonds is 6. The van der Waals surface area contributed by atoms with Gasteiger partial charge in [-0.2, -0.15) is 0 Å². The van der Waals surface area contributed by atoms with Crippen LogP contribution in [0, 0.1) is 11.8 Å². The summed E-state index contributed by atoms with van der Waals surface area (Å²) in [5.41, 5.74) is 1.01. The van der Waals surface area contributed by atoms with E-state index in [-0.39, 0.29) is 25.0 Å². The van der Waals surface area contributed by atoms with Crippen molar-refractivity contribution < 1.29 is 19.4 Å². The number of ether oxygens (including phenoxy) is 1. The van der Waals surface area contributed by atoms with E-state index in [1.165, 1.54) is 0 Å². The second-order valence-electron chi connectivity index (χ2n) is 6.50. The zero-order valence-electron chi connectivity index (χ0n) is 13.2. The van der Waals surface area contributed by atoms with Gasteiger partial charge in [-0.25, -0.2) is 0 Å². The number of benzene rings is 1. The third-order valence-corrected chi connectivity index (χ3v) is 4.96. The highest BCUT2D eigenvalue weighted by molar-refractivity contribution is 5.82. The molecule has 1 amide bonds. The van der Waals surface area contributed by atoms with Gasteiger partial charge in [-0.15, -0.1) is 0 Å². The number of fused-ring (bicyclic) bond motifs is 1. The van der Waals surface area contributed by atoms with Gasteiger partial charge in [0.1, 0.15) is 6.10 Å². The van der Waals surface area contributed by atoms with Crippen molar-refractivity contribution in [3.63, 3.8) is 0 Å². The maximum absolute atomic E-state index is 12.9. The van der Waals surface area contributed by atoms with Gasteiger partial charge in [0.2, 0.25) is 0 Å². The summed E-state index contributed by atoms with van der Waals surface area (Å²) >= 11 is 0. The normalized spacial score (nSPS) is 26.0. The van der Waals surface area contributed by atoms with Crippen molar-refractivity contribution in [3.8, 4) is 0 Å². The minimum atomic E-state index is -0.887. The van der Waals surface area contributed by atoms with Crippen molar-refractivity contribution >= 4 is 11.9 Å². The standard InChI is InChI=1S/C18H23NO4/c20-16(21)9-10-19(11-13-5-2-1-3-6-13)18(22)17-15-8-4-7-14(15)12-23-17/h1-3,5-6,14-15,17H,4,7-12H2,(H,20,21)/t14-,15-,17+/m0/s1. The summed E-state index contributed by atoms with van der Waals surface area (Å²) in [5, 5.41) is 8.96. The minimum Gasteiger partial charge on any atom is -0.481 e. The van der Waals surface area contributed by atoms with Crippen LogP contribution in [0.2, 0.25) is 0 Å². The largest absolute Gasteiger partial charge is 0.481 e. The van der Waals surface area contributed by atoms with Crippen LogP contribution in [0.5, 0.6) is 0 Å². The Morgan fingerprint density at radius 2 is 2.00 bits per heavy atom. The van der Waals surface area contributed by atoms with Crippen molar-refractivity contribution in [3.05, 3.63) is 35.9 Å². The fraction of sp³-hybridized carbons (Fsp3) is 0.556. The molecule has 1 aliphatic heterocycles. The first-order valence-corrected chi connectivity index (χ1v) is 8.31. The maximum atomic E-state index is 12.9. The summed E-state index contributed by atoms with van der Waals surface area (Å²) in [6.45, 7) is 1.32. The van der Waals surface area contributed by atoms with Crippen molar-refractivity contribution in [2.45, 2.75) is 38.3 Å². The van der Waals surface area contributed by atoms with E-state index in [0.29, 0.717) is 25.0 Å². The Bertz CT molecular complexity index is 559. The molecule has 0 radical (unpaired) electrons. The number of carboxylic acid groups (broad SMARTS) is 1. The second-order valence-corrected chi connectivity index (χ2v) is 6.50. The summed E-state index contributed by atoms with van der Waals surface area (Å²) in [6, 6.07) is 9.68. The molecule has 1 saturated heterocycles. The molecule has 3 atom stereocenters. The quantitative estimate of drug-likeness (QED) is 0.874. The highest BCUT2D eigenvalue weighted by atomic mass is 16.5. The fourth-order valence-corrected chi connectivity index (χ4v) is 3.76. The van der Waals surface area contributed by atoms with Gasteiger partial charge in [-0.3, -0.25) is 9.59 Å². The summed E-state index contributed by atoms with van der Waals surface area (Å²) in [4.78, 5) is 25.5. The molecule has 0 unspecified atom stereocenters. The predicted octanol–water partition coefficient (Wildman–Crippen LogP) is 2.31. The van der Waals surface area contributed by atoms with Crippen molar-refractivity contribution in [1.29, 1.82) is 0 Å². The molecule has 0 spiro atoms. The molecule has 2 fully saturated rings. The van der Waals surface area contributed by atoms with Crippen molar-refractivity contribution in [2.24, 2.45) is 11.8 Å². The molecule has 1 aromatic rings. The van der Waals surface area contributed by atoms with Crippen LogP contribution >= 0.6 is 0 Å². The number of carbonyl (C=O) groups excluding carboxylic acids is 1. The molecule has 1 saturated carbocycles. The Morgan fingerprint density at radius 3 is 2.74 bits per heavy atom. The molecule has 5 heteroatoms. The minimum absolute atomic E-state index is 0.0423. The van der Waals surface area contributed by atoms with E-state index in [9.17, 15) is 9.59 Å². The first-order chi connectivity index (χ1) is 11.1. The smallest absolute Gasteiger partial charge is 0.305 e. The zero-order valence-corrected chi connectivity index (χ0v) is 13.2. The van der Waals surface area contributed by atoms with E-state index >= 15 is 0 Å². The average Bonchev–Trinajstić information content (AvgIpc) is 3.14. The molecular weight excluding hydrogens is 294 g/mol. The van der Waals surface area contributed by atoms with Gasteiger partial charge >= 0.3 is 5.97 Å². The third-order valence-electron chi connectivity index (χ3n) is 4.96. The van der Waals surface area contributed by atoms with E-state index < -0.39 is 5.97 Å². The monoisotopic (exact) mass is 317 g/mol. The number of nitrogens with zero attached hydrogens (tertiary/aromatic N) is 1. The number of hydrogen-bond acceptors (Lipinski definition) is 3. The van der Waals surface area contributed by atoms with Crippen molar-refractivity contribution in [2.75, 3.05) is 13.2 Å². The van der Waals surface area contributed by atoms with Crippen LogP contribution in [0.1, 0.15) is 31.2 Å². The number of aliphatic carboxylic acids is 1. The maximum Gasteiger partial charge on any atom is 0.305 e. The Labute approximate surface area is 136 Å². The molecule has 1 aliphatic carbocycles. The fourth-order valence-electron chi connectivity index (χ4n) is 3.76. The predicted molar refractivity (Wildman–Crippen MR) is 84.7 cm³/mol. The number of carbonyl (C=O) groups is 2. The highest BCUT2D eigenvalue weighted by Gasteiger charge is 2.45. The Morgan fingerprint density at radius 1 is 1.22 bits per heavy atom. The molecule has 0 bridgehead atoms. The molecular formula is C18H23NO4. The van der Waals surface area contributed by atoms with Gasteiger partial charge in [0.15, 0.2) is 0 Å². The Balaban J connectivity index is 1.71. The summed E-state index contributed by atoms with van der Waals surface area (Å²) < 4.78 is 5.77. The van der Waals surface area contributed by atoms with Crippen LogP contribution in [0.3, 0.4) is 0 Å². The average molecular weight is 317 g/mol. The molecule has 23 heavy (non-hydrogen) atoms. The molecule has 1 heterocycles. The lowest BCUT2D eigenvalue weighted by atomic mass is 9.93. The van der Waals surface area contributed by atoms with E-state index in [1.54, 1.807) is 4.90 Å². The molecule has 1 N–H and O–H groups in total. The van der Waals surface area contributed by atoms with E-state index in [0.717, 1.165) is 24.8 Å². The van der Waals surface area contributed by atoms with E-state index in [2.05, 4.69) is 0 Å². The second kappa shape index (κ2) is 7.13. The lowest BCUT2D eigenvalue weighted by Gasteiger charge is -2.27. The molecule has 0 aromatic heterocycles. The Hall–Kier alpha value is -1.88. The summed E-state index contributed by atoms with van der Waals surface area (Å²) in [6.07, 6.45) is 2.91. The van der Waals surface area contributed by atoms with Crippen molar-refractivity contribution in [1.82, 2.24) is 4.90 Å². The topological polar surface area (TPSA) is 66.8 Å². The van der Waals surface area contributed by atoms with Gasteiger partial charge in [0, 0.05) is 13.1 Å². The molecule has 2 aliphatic rings. The van der Waals surface area contributed by atoms with Crippen LogP contribution in [0.4, 0.5) is 0 Å². The van der Waals surface area contributed by atoms with E-state index in [1.807, 2.05) is 30.3 Å². The Kier molecular flexibility index (Phi) is 4.96. The lowest BCUT2D eigenvalue weighted by molar-refractivity contribution is -0.145. The van der Waals surface area contributed by atoms with Gasteiger partial charge in [-0.1, -0.05) is 36.8 Å². The van der Waals surface area contributed by atoms with Crippen LogP contribution in [0.15, 0.2) is 30.3 Å². The van der Waals surface area contributed by atoms with Crippen LogP contribution in [-0.2, 0) is 20.9 Å². The van der Waals surface area contributed by atoms with Gasteiger partial charge in [0.25, 0.3) is 5.91 Å². The van der Waals surface area contributed by atoms with Crippen LogP contribution in [-0.4, -0.2) is 41.1 Å². The third kappa shape index (κ3) is 3.72. The summed E-state index contributed by atoms with van der Waals surface area (Å²) in [5.74, 6) is -0.126. The number of amides is 1. The first kappa shape index (κ1) is 16.0. The number of hydrogen-bond donors (Lipinski definition) is 1. The molecule has 5 nitrogen and oxygen atoms in total.